The van der Waals surface area contributed by atoms with Gasteiger partial charge < -0.3 is 16.0 Å². The van der Waals surface area contributed by atoms with Crippen LogP contribution in [-0.4, -0.2) is 41.0 Å². The number of nitrogens with one attached hydrogen (secondary N) is 1. The molecule has 6 heteroatoms. The van der Waals surface area contributed by atoms with Crippen LogP contribution in [0.25, 0.3) is 0 Å². The first-order valence-electron chi connectivity index (χ1n) is 5.81. The third-order valence-electron chi connectivity index (χ3n) is 3.04. The molecule has 0 radical (unpaired) electrons. The molecule has 0 saturated heterocycles. The van der Waals surface area contributed by atoms with E-state index in [-0.39, 0.29) is 5.28 Å². The molecule has 17 heavy (non-hydrogen) atoms. The van der Waals surface area contributed by atoms with Crippen molar-refractivity contribution in [3.8, 4) is 0 Å². The fraction of sp³-hybridized carbons (Fsp3) is 0.636. The highest BCUT2D eigenvalue weighted by molar-refractivity contribution is 6.28. The molecule has 0 spiro atoms. The van der Waals surface area contributed by atoms with Crippen molar-refractivity contribution in [1.29, 1.82) is 0 Å². The smallest absolute Gasteiger partial charge is 0.224 e. The summed E-state index contributed by atoms with van der Waals surface area (Å²) < 4.78 is 0. The summed E-state index contributed by atoms with van der Waals surface area (Å²) in [6, 6.07) is 0.768. The van der Waals surface area contributed by atoms with Gasteiger partial charge in [0, 0.05) is 19.1 Å². The fourth-order valence-corrected chi connectivity index (χ4v) is 1.94. The number of halogens is 1. The monoisotopic (exact) mass is 255 g/mol. The minimum atomic E-state index is 0.231. The van der Waals surface area contributed by atoms with Crippen LogP contribution in [0.15, 0.2) is 0 Å². The van der Waals surface area contributed by atoms with E-state index in [2.05, 4.69) is 27.2 Å². The average Bonchev–Trinajstić information content (AvgIpc) is 3.08. The van der Waals surface area contributed by atoms with Gasteiger partial charge in [-0.25, -0.2) is 4.98 Å². The summed E-state index contributed by atoms with van der Waals surface area (Å²) in [4.78, 5) is 10.4. The second-order valence-corrected chi connectivity index (χ2v) is 4.82. The number of likely N-dealkylation sites (N-methyl/N-ethyl adjacent to an activating group) is 1. The molecule has 0 bridgehead atoms. The second kappa shape index (κ2) is 5.06. The van der Waals surface area contributed by atoms with Crippen molar-refractivity contribution in [3.05, 3.63) is 11.0 Å². The van der Waals surface area contributed by atoms with Crippen molar-refractivity contribution in [3.63, 3.8) is 0 Å². The minimum absolute atomic E-state index is 0.231. The van der Waals surface area contributed by atoms with Crippen LogP contribution in [0.3, 0.4) is 0 Å². The molecule has 0 aliphatic heterocycles. The number of aromatic nitrogens is 2. The highest BCUT2D eigenvalue weighted by Crippen LogP contribution is 2.25. The van der Waals surface area contributed by atoms with Crippen LogP contribution < -0.4 is 11.1 Å². The Labute approximate surface area is 106 Å². The van der Waals surface area contributed by atoms with Crippen LogP contribution in [-0.2, 0) is 0 Å². The van der Waals surface area contributed by atoms with Gasteiger partial charge in [-0.05, 0) is 38.4 Å². The maximum absolute atomic E-state index is 5.88. The number of anilines is 2. The lowest BCUT2D eigenvalue weighted by atomic mass is 10.3. The van der Waals surface area contributed by atoms with E-state index in [4.69, 9.17) is 17.3 Å². The van der Waals surface area contributed by atoms with Gasteiger partial charge >= 0.3 is 0 Å². The summed E-state index contributed by atoms with van der Waals surface area (Å²) in [5, 5.41) is 3.44. The van der Waals surface area contributed by atoms with Crippen LogP contribution >= 0.6 is 11.6 Å². The summed E-state index contributed by atoms with van der Waals surface area (Å²) in [6.45, 7) is 3.61. The number of hydrogen-bond acceptors (Lipinski definition) is 5. The Kier molecular flexibility index (Phi) is 3.69. The molecule has 1 heterocycles. The summed E-state index contributed by atoms with van der Waals surface area (Å²) >= 11 is 5.80. The molecule has 5 nitrogen and oxygen atoms in total. The van der Waals surface area contributed by atoms with E-state index in [1.165, 1.54) is 12.8 Å². The van der Waals surface area contributed by atoms with Crippen LogP contribution in [0, 0.1) is 6.92 Å². The lowest BCUT2D eigenvalue weighted by Crippen LogP contribution is -2.27. The van der Waals surface area contributed by atoms with E-state index in [9.17, 15) is 0 Å². The average molecular weight is 256 g/mol. The first-order chi connectivity index (χ1) is 8.08. The molecule has 1 saturated carbocycles. The number of rotatable bonds is 5. The van der Waals surface area contributed by atoms with Crippen LogP contribution in [0.5, 0.6) is 0 Å². The quantitative estimate of drug-likeness (QED) is 0.781. The Morgan fingerprint density at radius 1 is 1.47 bits per heavy atom. The molecule has 1 aromatic heterocycles. The molecule has 0 unspecified atom stereocenters. The predicted octanol–water partition coefficient (Wildman–Crippen LogP) is 1.53. The zero-order chi connectivity index (χ0) is 12.4. The lowest BCUT2D eigenvalue weighted by Gasteiger charge is -2.16. The third-order valence-corrected chi connectivity index (χ3v) is 3.21. The van der Waals surface area contributed by atoms with E-state index in [1.807, 2.05) is 6.92 Å². The Bertz CT molecular complexity index is 405. The van der Waals surface area contributed by atoms with E-state index in [0.29, 0.717) is 17.2 Å². The maximum atomic E-state index is 5.88. The van der Waals surface area contributed by atoms with Gasteiger partial charge in [-0.15, -0.1) is 0 Å². The molecule has 94 valence electrons. The van der Waals surface area contributed by atoms with Gasteiger partial charge in [-0.1, -0.05) is 0 Å². The first kappa shape index (κ1) is 12.4. The van der Waals surface area contributed by atoms with Gasteiger partial charge in [0.25, 0.3) is 0 Å². The van der Waals surface area contributed by atoms with Crippen LogP contribution in [0.1, 0.15) is 18.5 Å². The molecule has 3 N–H and O–H groups in total. The first-order valence-corrected chi connectivity index (χ1v) is 6.19. The predicted molar refractivity (Wildman–Crippen MR) is 70.3 cm³/mol. The Hall–Kier alpha value is -1.07. The molecule has 1 fully saturated rings. The number of nitrogens with zero attached hydrogens (tertiary/aromatic N) is 3. The topological polar surface area (TPSA) is 67.1 Å². The standard InChI is InChI=1S/C11H18ClN5/c1-7-9(13)10(16-11(12)15-7)14-5-6-17(2)8-3-4-8/h8H,3-6,13H2,1-2H3,(H,14,15,16). The minimum Gasteiger partial charge on any atom is -0.394 e. The van der Waals surface area contributed by atoms with E-state index >= 15 is 0 Å². The molecule has 2 rings (SSSR count). The molecular formula is C11H18ClN5. The number of aryl methyl sites for hydroxylation is 1. The van der Waals surface area contributed by atoms with Gasteiger partial charge in [0.2, 0.25) is 5.28 Å². The van der Waals surface area contributed by atoms with Gasteiger partial charge in [0.15, 0.2) is 5.82 Å². The van der Waals surface area contributed by atoms with E-state index < -0.39 is 0 Å². The fourth-order valence-electron chi connectivity index (χ4n) is 1.73. The van der Waals surface area contributed by atoms with Crippen molar-refractivity contribution in [1.82, 2.24) is 14.9 Å². The van der Waals surface area contributed by atoms with Crippen molar-refractivity contribution >= 4 is 23.1 Å². The van der Waals surface area contributed by atoms with Gasteiger partial charge in [0.1, 0.15) is 0 Å². The Morgan fingerprint density at radius 2 is 2.18 bits per heavy atom. The van der Waals surface area contributed by atoms with Crippen molar-refractivity contribution in [2.45, 2.75) is 25.8 Å². The highest BCUT2D eigenvalue weighted by atomic mass is 35.5. The van der Waals surface area contributed by atoms with Gasteiger partial charge in [0.05, 0.1) is 11.4 Å². The zero-order valence-corrected chi connectivity index (χ0v) is 11.0. The molecule has 0 aromatic carbocycles. The van der Waals surface area contributed by atoms with Crippen molar-refractivity contribution in [2.24, 2.45) is 0 Å². The van der Waals surface area contributed by atoms with Crippen LogP contribution in [0.2, 0.25) is 5.28 Å². The van der Waals surface area contributed by atoms with Gasteiger partial charge in [-0.3, -0.25) is 0 Å². The second-order valence-electron chi connectivity index (χ2n) is 4.48. The molecule has 1 aliphatic carbocycles. The van der Waals surface area contributed by atoms with Crippen molar-refractivity contribution in [2.75, 3.05) is 31.2 Å². The normalized spacial score (nSPS) is 15.3. The maximum Gasteiger partial charge on any atom is 0.224 e. The lowest BCUT2D eigenvalue weighted by molar-refractivity contribution is 0.337. The molecular weight excluding hydrogens is 238 g/mol. The SMILES string of the molecule is Cc1nc(Cl)nc(NCCN(C)C2CC2)c1N. The van der Waals surface area contributed by atoms with E-state index in [0.717, 1.165) is 19.1 Å². The number of hydrogen-bond donors (Lipinski definition) is 2. The molecule has 1 aliphatic rings. The third kappa shape index (κ3) is 3.20. The van der Waals surface area contributed by atoms with Gasteiger partial charge in [-0.2, -0.15) is 4.98 Å². The summed E-state index contributed by atoms with van der Waals surface area (Å²) in [7, 11) is 2.14. The summed E-state index contributed by atoms with van der Waals surface area (Å²) in [6.07, 6.45) is 2.63. The summed E-state index contributed by atoms with van der Waals surface area (Å²) in [5.41, 5.74) is 7.16. The Balaban J connectivity index is 1.89. The Morgan fingerprint density at radius 3 is 2.82 bits per heavy atom. The van der Waals surface area contributed by atoms with Crippen molar-refractivity contribution < 1.29 is 0 Å². The molecule has 1 aromatic rings. The molecule has 0 amide bonds. The zero-order valence-electron chi connectivity index (χ0n) is 10.2. The largest absolute Gasteiger partial charge is 0.394 e. The summed E-state index contributed by atoms with van der Waals surface area (Å²) in [5.74, 6) is 0.631. The number of nitrogen functional groups attached to an aromatic ring is 1. The highest BCUT2D eigenvalue weighted by Gasteiger charge is 2.25. The van der Waals surface area contributed by atoms with Crippen LogP contribution in [0.4, 0.5) is 11.5 Å². The molecule has 0 atom stereocenters. The van der Waals surface area contributed by atoms with E-state index in [1.54, 1.807) is 0 Å². The number of nitrogens with two attached hydrogens (primary N) is 1.